The van der Waals surface area contributed by atoms with Crippen molar-refractivity contribution in [3.63, 3.8) is 0 Å². The molecule has 0 heterocycles. The Balaban J connectivity index is 3.02. The smallest absolute Gasteiger partial charge is 0.243 e. The summed E-state index contributed by atoms with van der Waals surface area (Å²) in [6.07, 6.45) is 0. The number of nitrogens with one attached hydrogen (secondary N) is 1. The fraction of sp³-hybridized carbons (Fsp3) is 0.500. The zero-order valence-corrected chi connectivity index (χ0v) is 13.4. The van der Waals surface area contributed by atoms with Crippen molar-refractivity contribution in [3.8, 4) is 0 Å². The zero-order chi connectivity index (χ0) is 14.8. The Morgan fingerprint density at radius 3 is 2.11 bits per heavy atom. The molecule has 0 fully saturated rings. The Morgan fingerprint density at radius 1 is 1.21 bits per heavy atom. The van der Waals surface area contributed by atoms with Gasteiger partial charge in [-0.05, 0) is 24.0 Å². The quantitative estimate of drug-likeness (QED) is 0.817. The van der Waals surface area contributed by atoms with Gasteiger partial charge < -0.3 is 5.73 Å². The van der Waals surface area contributed by atoms with Crippen molar-refractivity contribution in [2.45, 2.75) is 25.7 Å². The number of rotatable bonds is 5. The molecule has 0 saturated heterocycles. The van der Waals surface area contributed by atoms with Crippen LogP contribution in [0.15, 0.2) is 17.0 Å². The van der Waals surface area contributed by atoms with Crippen LogP contribution >= 0.6 is 23.2 Å². The molecule has 1 aromatic rings. The lowest BCUT2D eigenvalue weighted by Crippen LogP contribution is -2.30. The number of hydrogen-bond acceptors (Lipinski definition) is 3. The van der Waals surface area contributed by atoms with Crippen LogP contribution in [-0.4, -0.2) is 15.0 Å². The maximum atomic E-state index is 12.2. The number of anilines is 1. The minimum absolute atomic E-state index is 0.0229. The van der Waals surface area contributed by atoms with Gasteiger partial charge in [0, 0.05) is 12.2 Å². The zero-order valence-electron chi connectivity index (χ0n) is 11.1. The van der Waals surface area contributed by atoms with E-state index in [0.29, 0.717) is 18.2 Å². The van der Waals surface area contributed by atoms with Crippen molar-refractivity contribution >= 4 is 38.9 Å². The molecular weight excluding hydrogens is 307 g/mol. The molecule has 1 atom stereocenters. The van der Waals surface area contributed by atoms with Gasteiger partial charge in [0.15, 0.2) is 0 Å². The number of sulfonamides is 1. The average Bonchev–Trinajstić information content (AvgIpc) is 2.23. The van der Waals surface area contributed by atoms with Crippen LogP contribution in [0.2, 0.25) is 10.0 Å². The van der Waals surface area contributed by atoms with E-state index in [1.54, 1.807) is 0 Å². The molecule has 0 amide bonds. The fourth-order valence-corrected chi connectivity index (χ4v) is 3.76. The van der Waals surface area contributed by atoms with Crippen LogP contribution in [0.1, 0.15) is 20.8 Å². The number of halogens is 2. The van der Waals surface area contributed by atoms with Gasteiger partial charge in [0.05, 0.1) is 10.0 Å². The molecule has 7 heteroatoms. The molecule has 0 aromatic heterocycles. The Bertz CT molecular complexity index is 536. The van der Waals surface area contributed by atoms with Crippen molar-refractivity contribution in [2.24, 2.45) is 11.8 Å². The maximum absolute atomic E-state index is 12.2. The lowest BCUT2D eigenvalue weighted by Gasteiger charge is -2.17. The molecule has 0 aliphatic heterocycles. The molecule has 4 nitrogen and oxygen atoms in total. The predicted octanol–water partition coefficient (Wildman–Crippen LogP) is 3.15. The molecule has 0 aliphatic rings. The van der Waals surface area contributed by atoms with E-state index in [0.717, 1.165) is 0 Å². The first-order chi connectivity index (χ1) is 8.65. The van der Waals surface area contributed by atoms with Crippen molar-refractivity contribution in [3.05, 3.63) is 22.2 Å². The van der Waals surface area contributed by atoms with Gasteiger partial charge in [0.1, 0.15) is 4.90 Å². The Kier molecular flexibility index (Phi) is 5.50. The second-order valence-corrected chi connectivity index (χ2v) is 7.41. The third-order valence-corrected chi connectivity index (χ3v) is 5.37. The predicted molar refractivity (Wildman–Crippen MR) is 80.1 cm³/mol. The molecule has 0 saturated carbocycles. The molecule has 0 aliphatic carbocycles. The molecule has 0 radical (unpaired) electrons. The van der Waals surface area contributed by atoms with Crippen LogP contribution in [0.3, 0.4) is 0 Å². The Hall–Kier alpha value is -0.490. The largest absolute Gasteiger partial charge is 0.399 e. The van der Waals surface area contributed by atoms with E-state index in [1.165, 1.54) is 12.1 Å². The monoisotopic (exact) mass is 324 g/mol. The molecule has 19 heavy (non-hydrogen) atoms. The summed E-state index contributed by atoms with van der Waals surface area (Å²) < 4.78 is 26.9. The molecule has 3 N–H and O–H groups in total. The SMILES string of the molecule is CC(C)C(C)CNS(=O)(=O)c1c(Cl)cc(N)cc1Cl. The highest BCUT2D eigenvalue weighted by Crippen LogP contribution is 2.31. The lowest BCUT2D eigenvalue weighted by molar-refractivity contribution is 0.414. The van der Waals surface area contributed by atoms with Crippen LogP contribution in [0.4, 0.5) is 5.69 Å². The van der Waals surface area contributed by atoms with Gasteiger partial charge in [-0.3, -0.25) is 0 Å². The van der Waals surface area contributed by atoms with Crippen molar-refractivity contribution < 1.29 is 8.42 Å². The van der Waals surface area contributed by atoms with E-state index in [9.17, 15) is 8.42 Å². The second kappa shape index (κ2) is 6.31. The summed E-state index contributed by atoms with van der Waals surface area (Å²) in [7, 11) is -3.74. The minimum Gasteiger partial charge on any atom is -0.399 e. The fourth-order valence-electron chi connectivity index (χ4n) is 1.39. The number of hydrogen-bond donors (Lipinski definition) is 2. The standard InChI is InChI=1S/C12H18Cl2N2O2S/c1-7(2)8(3)6-16-19(17,18)12-10(13)4-9(15)5-11(12)14/h4-5,7-8,16H,6,15H2,1-3H3. The highest BCUT2D eigenvalue weighted by atomic mass is 35.5. The van der Waals surface area contributed by atoms with Gasteiger partial charge in [0.25, 0.3) is 0 Å². The van der Waals surface area contributed by atoms with Gasteiger partial charge >= 0.3 is 0 Å². The van der Waals surface area contributed by atoms with Crippen molar-refractivity contribution in [1.82, 2.24) is 4.72 Å². The molecule has 108 valence electrons. The molecule has 1 unspecified atom stereocenters. The highest BCUT2D eigenvalue weighted by Gasteiger charge is 2.23. The third kappa shape index (κ3) is 4.24. The summed E-state index contributed by atoms with van der Waals surface area (Å²) in [5.41, 5.74) is 5.87. The highest BCUT2D eigenvalue weighted by molar-refractivity contribution is 7.89. The summed E-state index contributed by atoms with van der Waals surface area (Å²) in [5.74, 6) is 0.584. The number of benzene rings is 1. The van der Waals surface area contributed by atoms with Crippen LogP contribution in [0, 0.1) is 11.8 Å². The van der Waals surface area contributed by atoms with E-state index in [-0.39, 0.29) is 20.9 Å². The van der Waals surface area contributed by atoms with Crippen LogP contribution in [0.5, 0.6) is 0 Å². The summed E-state index contributed by atoms with van der Waals surface area (Å²) in [6, 6.07) is 2.74. The van der Waals surface area contributed by atoms with E-state index in [1.807, 2.05) is 20.8 Å². The summed E-state index contributed by atoms with van der Waals surface area (Å²) in [6.45, 7) is 6.36. The second-order valence-electron chi connectivity index (χ2n) is 4.89. The van der Waals surface area contributed by atoms with E-state index in [2.05, 4.69) is 4.72 Å². The topological polar surface area (TPSA) is 72.2 Å². The normalized spacial score (nSPS) is 13.8. The van der Waals surface area contributed by atoms with Crippen LogP contribution in [-0.2, 0) is 10.0 Å². The Morgan fingerprint density at radius 2 is 1.68 bits per heavy atom. The van der Waals surface area contributed by atoms with Gasteiger partial charge in [-0.25, -0.2) is 13.1 Å². The summed E-state index contributed by atoms with van der Waals surface area (Å²) in [4.78, 5) is -0.124. The third-order valence-electron chi connectivity index (χ3n) is 3.02. The molecule has 0 spiro atoms. The van der Waals surface area contributed by atoms with Gasteiger partial charge in [-0.1, -0.05) is 44.0 Å². The minimum atomic E-state index is -3.74. The van der Waals surface area contributed by atoms with Gasteiger partial charge in [-0.15, -0.1) is 0 Å². The number of nitrogens with two attached hydrogens (primary N) is 1. The first kappa shape index (κ1) is 16.6. The van der Waals surface area contributed by atoms with Crippen molar-refractivity contribution in [2.75, 3.05) is 12.3 Å². The maximum Gasteiger partial charge on any atom is 0.243 e. The van der Waals surface area contributed by atoms with E-state index in [4.69, 9.17) is 28.9 Å². The van der Waals surface area contributed by atoms with Crippen LogP contribution in [0.25, 0.3) is 0 Å². The molecular formula is C12H18Cl2N2O2S. The summed E-state index contributed by atoms with van der Waals surface area (Å²) >= 11 is 11.8. The number of nitrogen functional groups attached to an aromatic ring is 1. The van der Waals surface area contributed by atoms with Gasteiger partial charge in [0.2, 0.25) is 10.0 Å². The molecule has 0 bridgehead atoms. The molecule has 1 rings (SSSR count). The van der Waals surface area contributed by atoms with E-state index >= 15 is 0 Å². The first-order valence-electron chi connectivity index (χ1n) is 5.89. The Labute approximate surface area is 124 Å². The lowest BCUT2D eigenvalue weighted by atomic mass is 9.99. The van der Waals surface area contributed by atoms with Gasteiger partial charge in [-0.2, -0.15) is 0 Å². The summed E-state index contributed by atoms with van der Waals surface area (Å²) in [5, 5.41) is 0.0457. The van der Waals surface area contributed by atoms with Crippen molar-refractivity contribution in [1.29, 1.82) is 0 Å². The van der Waals surface area contributed by atoms with Crippen LogP contribution < -0.4 is 10.5 Å². The molecule has 1 aromatic carbocycles. The average molecular weight is 325 g/mol. The van der Waals surface area contributed by atoms with E-state index < -0.39 is 10.0 Å². The first-order valence-corrected chi connectivity index (χ1v) is 8.13.